The van der Waals surface area contributed by atoms with E-state index in [9.17, 15) is 18.9 Å². The fraction of sp³-hybridized carbons (Fsp3) is 0.188. The third-order valence-electron chi connectivity index (χ3n) is 3.33. The lowest BCUT2D eigenvalue weighted by molar-refractivity contribution is -0.384. The Bertz CT molecular complexity index is 823. The number of alkyl halides is 2. The average Bonchev–Trinajstić information content (AvgIpc) is 2.54. The minimum Gasteiger partial charge on any atom is -0.434 e. The number of aromatic nitrogens is 1. The van der Waals surface area contributed by atoms with E-state index in [0.717, 1.165) is 0 Å². The number of hydrogen-bond acceptors (Lipinski definition) is 5. The van der Waals surface area contributed by atoms with E-state index in [-0.39, 0.29) is 28.8 Å². The molecule has 1 heterocycles. The molecular formula is C16H13BrClF2N3O3. The van der Waals surface area contributed by atoms with Gasteiger partial charge in [0.2, 0.25) is 5.82 Å². The van der Waals surface area contributed by atoms with Crippen LogP contribution in [-0.4, -0.2) is 16.5 Å². The van der Waals surface area contributed by atoms with E-state index >= 15 is 0 Å². The highest BCUT2D eigenvalue weighted by molar-refractivity contribution is 9.10. The Morgan fingerprint density at radius 2 is 2.15 bits per heavy atom. The quantitative estimate of drug-likeness (QED) is 0.241. The number of halogens is 4. The van der Waals surface area contributed by atoms with Gasteiger partial charge < -0.3 is 10.1 Å². The van der Waals surface area contributed by atoms with Crippen LogP contribution in [0.1, 0.15) is 18.0 Å². The van der Waals surface area contributed by atoms with E-state index in [1.54, 1.807) is 12.1 Å². The van der Waals surface area contributed by atoms with Crippen molar-refractivity contribution in [3.63, 3.8) is 0 Å². The van der Waals surface area contributed by atoms with Gasteiger partial charge >= 0.3 is 12.3 Å². The normalized spacial score (nSPS) is 11.9. The van der Waals surface area contributed by atoms with Gasteiger partial charge in [0.15, 0.2) is 0 Å². The SMILES string of the molecule is C=CC[C@H](Nc1nc(Cl)ccc1[N+](=O)[O-])c1c(Br)cccc1OC(F)F. The van der Waals surface area contributed by atoms with E-state index in [0.29, 0.717) is 10.0 Å². The third-order valence-corrected chi connectivity index (χ3v) is 4.23. The predicted octanol–water partition coefficient (Wildman–Crippen LogP) is 5.74. The number of benzene rings is 1. The molecule has 1 aromatic heterocycles. The molecule has 0 saturated carbocycles. The highest BCUT2D eigenvalue weighted by Crippen LogP contribution is 2.38. The van der Waals surface area contributed by atoms with Crippen LogP contribution in [-0.2, 0) is 0 Å². The molecule has 1 aromatic carbocycles. The first kappa shape index (κ1) is 20.1. The number of pyridine rings is 1. The lowest BCUT2D eigenvalue weighted by Crippen LogP contribution is -2.15. The van der Waals surface area contributed by atoms with Gasteiger partial charge in [-0.25, -0.2) is 4.98 Å². The highest BCUT2D eigenvalue weighted by atomic mass is 79.9. The first-order chi connectivity index (χ1) is 12.3. The molecule has 0 aliphatic rings. The Morgan fingerprint density at radius 1 is 1.42 bits per heavy atom. The lowest BCUT2D eigenvalue weighted by atomic mass is 10.0. The van der Waals surface area contributed by atoms with E-state index in [2.05, 4.69) is 37.5 Å². The Kier molecular flexibility index (Phi) is 6.87. The molecular weight excluding hydrogens is 436 g/mol. The van der Waals surface area contributed by atoms with Gasteiger partial charge in [-0.15, -0.1) is 6.58 Å². The Balaban J connectivity index is 2.50. The van der Waals surface area contributed by atoms with Gasteiger partial charge in [0.25, 0.3) is 0 Å². The topological polar surface area (TPSA) is 77.3 Å². The van der Waals surface area contributed by atoms with Crippen molar-refractivity contribution < 1.29 is 18.4 Å². The maximum Gasteiger partial charge on any atom is 0.387 e. The molecule has 6 nitrogen and oxygen atoms in total. The zero-order valence-electron chi connectivity index (χ0n) is 13.2. The molecule has 0 amide bonds. The van der Waals surface area contributed by atoms with Crippen LogP contribution < -0.4 is 10.1 Å². The van der Waals surface area contributed by atoms with Crippen molar-refractivity contribution in [1.82, 2.24) is 4.98 Å². The van der Waals surface area contributed by atoms with Gasteiger partial charge in [-0.3, -0.25) is 10.1 Å². The molecule has 138 valence electrons. The largest absolute Gasteiger partial charge is 0.434 e. The monoisotopic (exact) mass is 447 g/mol. The van der Waals surface area contributed by atoms with Crippen molar-refractivity contribution >= 4 is 39.0 Å². The summed E-state index contributed by atoms with van der Waals surface area (Å²) in [5.41, 5.74) is 0.0515. The Hall–Kier alpha value is -2.26. The van der Waals surface area contributed by atoms with Gasteiger partial charge in [-0.2, -0.15) is 8.78 Å². The van der Waals surface area contributed by atoms with Gasteiger partial charge in [-0.05, 0) is 24.6 Å². The maximum absolute atomic E-state index is 12.7. The zero-order valence-corrected chi connectivity index (χ0v) is 15.5. The highest BCUT2D eigenvalue weighted by Gasteiger charge is 2.24. The van der Waals surface area contributed by atoms with Crippen LogP contribution in [0.3, 0.4) is 0 Å². The van der Waals surface area contributed by atoms with Crippen molar-refractivity contribution in [3.05, 3.63) is 68.3 Å². The van der Waals surface area contributed by atoms with Gasteiger partial charge in [-0.1, -0.05) is 39.7 Å². The molecule has 0 bridgehead atoms. The number of ether oxygens (including phenoxy) is 1. The summed E-state index contributed by atoms with van der Waals surface area (Å²) < 4.78 is 30.5. The molecule has 0 fully saturated rings. The number of rotatable bonds is 8. The Labute approximate surface area is 161 Å². The van der Waals surface area contributed by atoms with Crippen LogP contribution in [0.5, 0.6) is 5.75 Å². The van der Waals surface area contributed by atoms with E-state index < -0.39 is 17.6 Å². The summed E-state index contributed by atoms with van der Waals surface area (Å²) in [5.74, 6) is -0.161. The molecule has 1 N–H and O–H groups in total. The molecule has 0 saturated heterocycles. The van der Waals surface area contributed by atoms with Crippen molar-refractivity contribution in [2.24, 2.45) is 0 Å². The summed E-state index contributed by atoms with van der Waals surface area (Å²) in [4.78, 5) is 14.5. The number of hydrogen-bond donors (Lipinski definition) is 1. The van der Waals surface area contributed by atoms with E-state index in [1.807, 2.05) is 0 Å². The van der Waals surface area contributed by atoms with Gasteiger partial charge in [0, 0.05) is 16.1 Å². The fourth-order valence-electron chi connectivity index (χ4n) is 2.32. The Morgan fingerprint density at radius 3 is 2.77 bits per heavy atom. The predicted molar refractivity (Wildman–Crippen MR) is 97.9 cm³/mol. The van der Waals surface area contributed by atoms with Crippen molar-refractivity contribution in [1.29, 1.82) is 0 Å². The zero-order chi connectivity index (χ0) is 19.3. The second-order valence-electron chi connectivity index (χ2n) is 5.01. The third kappa shape index (κ3) is 4.89. The van der Waals surface area contributed by atoms with Crippen LogP contribution in [0, 0.1) is 10.1 Å². The molecule has 2 rings (SSSR count). The van der Waals surface area contributed by atoms with Crippen molar-refractivity contribution in [2.45, 2.75) is 19.1 Å². The molecule has 0 aliphatic heterocycles. The van der Waals surface area contributed by atoms with E-state index in [4.69, 9.17) is 11.6 Å². The summed E-state index contributed by atoms with van der Waals surface area (Å²) in [6.45, 7) is 0.616. The molecule has 26 heavy (non-hydrogen) atoms. The molecule has 0 radical (unpaired) electrons. The lowest BCUT2D eigenvalue weighted by Gasteiger charge is -2.22. The second kappa shape index (κ2) is 8.91. The smallest absolute Gasteiger partial charge is 0.387 e. The van der Waals surface area contributed by atoms with Crippen LogP contribution in [0.25, 0.3) is 0 Å². The standard InChI is InChI=1S/C16H13BrClF2N3O3/c1-2-4-10(14-9(17)5-3-6-12(14)26-16(19)20)21-15-11(23(24)25)7-8-13(18)22-15/h2-3,5-8,10,16H,1,4H2,(H,21,22)/t10-/m0/s1. The molecule has 0 spiro atoms. The van der Waals surface area contributed by atoms with Gasteiger partial charge in [0.05, 0.1) is 11.0 Å². The summed E-state index contributed by atoms with van der Waals surface area (Å²) >= 11 is 9.14. The number of nitrogens with zero attached hydrogens (tertiary/aromatic N) is 2. The summed E-state index contributed by atoms with van der Waals surface area (Å²) in [6, 6.07) is 6.38. The minimum atomic E-state index is -3.02. The van der Waals surface area contributed by atoms with Crippen molar-refractivity contribution in [3.8, 4) is 5.75 Å². The average molecular weight is 449 g/mol. The molecule has 10 heteroatoms. The number of nitro groups is 1. The first-order valence-electron chi connectivity index (χ1n) is 7.25. The number of nitrogens with one attached hydrogen (secondary N) is 1. The summed E-state index contributed by atoms with van der Waals surface area (Å²) in [5, 5.41) is 14.1. The molecule has 0 unspecified atom stereocenters. The fourth-order valence-corrected chi connectivity index (χ4v) is 3.09. The van der Waals surface area contributed by atoms with Crippen LogP contribution in [0.2, 0.25) is 5.15 Å². The summed E-state index contributed by atoms with van der Waals surface area (Å²) in [6.07, 6.45) is 1.80. The maximum atomic E-state index is 12.7. The van der Waals surface area contributed by atoms with E-state index in [1.165, 1.54) is 24.3 Å². The van der Waals surface area contributed by atoms with Crippen molar-refractivity contribution in [2.75, 3.05) is 5.32 Å². The summed E-state index contributed by atoms with van der Waals surface area (Å²) in [7, 11) is 0. The molecule has 2 aromatic rings. The minimum absolute atomic E-state index is 0.0478. The first-order valence-corrected chi connectivity index (χ1v) is 8.42. The van der Waals surface area contributed by atoms with Crippen LogP contribution in [0.4, 0.5) is 20.3 Å². The van der Waals surface area contributed by atoms with Crippen LogP contribution >= 0.6 is 27.5 Å². The molecule has 1 atom stereocenters. The molecule has 0 aliphatic carbocycles. The number of anilines is 1. The van der Waals surface area contributed by atoms with Crippen LogP contribution in [0.15, 0.2) is 47.5 Å². The second-order valence-corrected chi connectivity index (χ2v) is 6.25. The van der Waals surface area contributed by atoms with Gasteiger partial charge in [0.1, 0.15) is 10.9 Å².